The summed E-state index contributed by atoms with van der Waals surface area (Å²) in [5.41, 5.74) is 1.01. The molecule has 1 amide bonds. The lowest BCUT2D eigenvalue weighted by atomic mass is 10.0. The minimum absolute atomic E-state index is 0.230. The van der Waals surface area contributed by atoms with Crippen molar-refractivity contribution in [3.8, 4) is 0 Å². The summed E-state index contributed by atoms with van der Waals surface area (Å²) in [6.45, 7) is 1.85. The van der Waals surface area contributed by atoms with E-state index in [4.69, 9.17) is 16.3 Å². The second kappa shape index (κ2) is 7.44. The molecule has 2 unspecified atom stereocenters. The van der Waals surface area contributed by atoms with E-state index in [1.54, 1.807) is 38.6 Å². The predicted molar refractivity (Wildman–Crippen MR) is 89.8 cm³/mol. The van der Waals surface area contributed by atoms with Crippen molar-refractivity contribution < 1.29 is 9.53 Å². The zero-order chi connectivity index (χ0) is 17.0. The molecule has 0 fully saturated rings. The smallest absolute Gasteiger partial charge is 0.251 e. The highest BCUT2D eigenvalue weighted by molar-refractivity contribution is 6.30. The van der Waals surface area contributed by atoms with E-state index in [1.165, 1.54) is 10.6 Å². The highest BCUT2D eigenvalue weighted by Crippen LogP contribution is 2.22. The molecule has 122 valence electrons. The molecule has 2 rings (SSSR count). The van der Waals surface area contributed by atoms with Gasteiger partial charge in [0.1, 0.15) is 6.10 Å². The van der Waals surface area contributed by atoms with Gasteiger partial charge in [-0.2, -0.15) is 0 Å². The number of halogens is 1. The summed E-state index contributed by atoms with van der Waals surface area (Å²) in [7, 11) is 3.22. The van der Waals surface area contributed by atoms with Gasteiger partial charge in [0.15, 0.2) is 0 Å². The van der Waals surface area contributed by atoms with E-state index >= 15 is 0 Å². The van der Waals surface area contributed by atoms with Gasteiger partial charge >= 0.3 is 0 Å². The lowest BCUT2D eigenvalue weighted by molar-refractivity contribution is 0.0645. The summed E-state index contributed by atoms with van der Waals surface area (Å²) in [5.74, 6) is -0.314. The van der Waals surface area contributed by atoms with Gasteiger partial charge in [0.25, 0.3) is 11.5 Å². The minimum Gasteiger partial charge on any atom is -0.375 e. The molecular formula is C17H19ClN2O3. The molecule has 23 heavy (non-hydrogen) atoms. The Hall–Kier alpha value is -2.11. The maximum absolute atomic E-state index is 12.3. The Kier molecular flexibility index (Phi) is 5.58. The monoisotopic (exact) mass is 334 g/mol. The molecule has 5 nitrogen and oxygen atoms in total. The number of rotatable bonds is 5. The van der Waals surface area contributed by atoms with Crippen LogP contribution in [0.1, 0.15) is 28.9 Å². The summed E-state index contributed by atoms with van der Waals surface area (Å²) < 4.78 is 6.90. The van der Waals surface area contributed by atoms with E-state index in [1.807, 2.05) is 19.1 Å². The molecule has 1 heterocycles. The van der Waals surface area contributed by atoms with Gasteiger partial charge in [0.2, 0.25) is 0 Å². The number of pyridine rings is 1. The Labute approximate surface area is 139 Å². The number of aromatic nitrogens is 1. The van der Waals surface area contributed by atoms with Gasteiger partial charge in [0.05, 0.1) is 6.04 Å². The van der Waals surface area contributed by atoms with Crippen LogP contribution in [0.5, 0.6) is 0 Å². The van der Waals surface area contributed by atoms with Crippen molar-refractivity contribution in [2.45, 2.75) is 19.1 Å². The Morgan fingerprint density at radius 3 is 2.48 bits per heavy atom. The Bertz CT molecular complexity index is 740. The topological polar surface area (TPSA) is 60.3 Å². The van der Waals surface area contributed by atoms with E-state index in [0.29, 0.717) is 10.6 Å². The lowest BCUT2D eigenvalue weighted by Gasteiger charge is -2.24. The molecule has 1 aromatic heterocycles. The standard InChI is InChI=1S/C17H19ClN2O3/c1-11(16(23-3)12-4-6-14(18)7-5-12)19-17(22)13-8-9-20(2)15(21)10-13/h4-11,16H,1-3H3,(H,19,22). The van der Waals surface area contributed by atoms with E-state index in [-0.39, 0.29) is 23.6 Å². The van der Waals surface area contributed by atoms with Gasteiger partial charge in [-0.25, -0.2) is 0 Å². The molecule has 1 aromatic carbocycles. The third kappa shape index (κ3) is 4.21. The van der Waals surface area contributed by atoms with Crippen molar-refractivity contribution in [1.29, 1.82) is 0 Å². The van der Waals surface area contributed by atoms with Gasteiger partial charge in [0, 0.05) is 37.0 Å². The van der Waals surface area contributed by atoms with E-state index in [0.717, 1.165) is 5.56 Å². The van der Waals surface area contributed by atoms with Crippen LogP contribution < -0.4 is 10.9 Å². The normalized spacial score (nSPS) is 13.4. The van der Waals surface area contributed by atoms with E-state index in [9.17, 15) is 9.59 Å². The van der Waals surface area contributed by atoms with Crippen molar-refractivity contribution in [1.82, 2.24) is 9.88 Å². The quantitative estimate of drug-likeness (QED) is 0.914. The summed E-state index contributed by atoms with van der Waals surface area (Å²) in [6, 6.07) is 9.91. The minimum atomic E-state index is -0.317. The van der Waals surface area contributed by atoms with Crippen molar-refractivity contribution in [3.63, 3.8) is 0 Å². The highest BCUT2D eigenvalue weighted by Gasteiger charge is 2.21. The molecule has 0 bridgehead atoms. The van der Waals surface area contributed by atoms with E-state index in [2.05, 4.69) is 5.32 Å². The van der Waals surface area contributed by atoms with Crippen LogP contribution in [-0.4, -0.2) is 23.6 Å². The van der Waals surface area contributed by atoms with Crippen LogP contribution in [0.15, 0.2) is 47.4 Å². The van der Waals surface area contributed by atoms with Crippen molar-refractivity contribution in [2.75, 3.05) is 7.11 Å². The predicted octanol–water partition coefficient (Wildman–Crippen LogP) is 2.54. The molecule has 0 spiro atoms. The Balaban J connectivity index is 2.13. The number of hydrogen-bond donors (Lipinski definition) is 1. The molecule has 2 aromatic rings. The van der Waals surface area contributed by atoms with Crippen LogP contribution in [0.25, 0.3) is 0 Å². The third-order valence-electron chi connectivity index (χ3n) is 3.63. The second-order valence-corrected chi connectivity index (χ2v) is 5.77. The number of nitrogens with one attached hydrogen (secondary N) is 1. The second-order valence-electron chi connectivity index (χ2n) is 5.33. The number of nitrogens with zero attached hydrogens (tertiary/aromatic N) is 1. The molecule has 2 atom stereocenters. The number of amides is 1. The molecule has 0 saturated heterocycles. The fourth-order valence-corrected chi connectivity index (χ4v) is 2.46. The first-order valence-electron chi connectivity index (χ1n) is 7.18. The van der Waals surface area contributed by atoms with Crippen LogP contribution in [-0.2, 0) is 11.8 Å². The van der Waals surface area contributed by atoms with E-state index < -0.39 is 0 Å². The summed E-state index contributed by atoms with van der Waals surface area (Å²) in [6.07, 6.45) is 1.25. The number of carbonyl (C=O) groups is 1. The van der Waals surface area contributed by atoms with Gasteiger partial charge in [-0.1, -0.05) is 23.7 Å². The number of carbonyl (C=O) groups excluding carboxylic acids is 1. The molecule has 0 aliphatic heterocycles. The molecule has 1 N–H and O–H groups in total. The summed E-state index contributed by atoms with van der Waals surface area (Å²) >= 11 is 5.89. The Morgan fingerprint density at radius 2 is 1.91 bits per heavy atom. The maximum Gasteiger partial charge on any atom is 0.251 e. The highest BCUT2D eigenvalue weighted by atomic mass is 35.5. The largest absolute Gasteiger partial charge is 0.375 e. The summed E-state index contributed by atoms with van der Waals surface area (Å²) in [5, 5.41) is 3.50. The van der Waals surface area contributed by atoms with Crippen LogP contribution in [0.2, 0.25) is 5.02 Å². The van der Waals surface area contributed by atoms with Gasteiger partial charge in [-0.3, -0.25) is 9.59 Å². The van der Waals surface area contributed by atoms with Crippen molar-refractivity contribution in [2.24, 2.45) is 7.05 Å². The Morgan fingerprint density at radius 1 is 1.26 bits per heavy atom. The fraction of sp³-hybridized carbons (Fsp3) is 0.294. The first kappa shape index (κ1) is 17.2. The summed E-state index contributed by atoms with van der Waals surface area (Å²) in [4.78, 5) is 23.9. The third-order valence-corrected chi connectivity index (χ3v) is 3.88. The van der Waals surface area contributed by atoms with Gasteiger partial charge in [-0.15, -0.1) is 0 Å². The molecular weight excluding hydrogens is 316 g/mol. The first-order valence-corrected chi connectivity index (χ1v) is 7.56. The van der Waals surface area contributed by atoms with Gasteiger partial charge in [-0.05, 0) is 30.7 Å². The molecule has 0 aliphatic rings. The zero-order valence-corrected chi connectivity index (χ0v) is 14.0. The average Bonchev–Trinajstić information content (AvgIpc) is 2.52. The molecule has 0 saturated carbocycles. The van der Waals surface area contributed by atoms with Crippen LogP contribution in [0, 0.1) is 0 Å². The molecule has 6 heteroatoms. The van der Waals surface area contributed by atoms with Crippen LogP contribution in [0.4, 0.5) is 0 Å². The van der Waals surface area contributed by atoms with Crippen LogP contribution >= 0.6 is 11.6 Å². The molecule has 0 aliphatic carbocycles. The maximum atomic E-state index is 12.3. The van der Waals surface area contributed by atoms with Gasteiger partial charge < -0.3 is 14.6 Å². The van der Waals surface area contributed by atoms with Crippen LogP contribution in [0.3, 0.4) is 0 Å². The zero-order valence-electron chi connectivity index (χ0n) is 13.2. The van der Waals surface area contributed by atoms with Crippen molar-refractivity contribution in [3.05, 3.63) is 69.1 Å². The number of benzene rings is 1. The first-order chi connectivity index (χ1) is 10.9. The number of ether oxygens (including phenoxy) is 1. The number of hydrogen-bond acceptors (Lipinski definition) is 3. The SMILES string of the molecule is COC(c1ccc(Cl)cc1)C(C)NC(=O)c1ccn(C)c(=O)c1. The number of methoxy groups -OCH3 is 1. The van der Waals surface area contributed by atoms with Crippen molar-refractivity contribution >= 4 is 17.5 Å². The lowest BCUT2D eigenvalue weighted by Crippen LogP contribution is -2.38. The average molecular weight is 335 g/mol. The fourth-order valence-electron chi connectivity index (χ4n) is 2.34. The molecule has 0 radical (unpaired) electrons. The number of aryl methyl sites for hydroxylation is 1.